The summed E-state index contributed by atoms with van der Waals surface area (Å²) in [6.07, 6.45) is 8.80. The molecule has 0 radical (unpaired) electrons. The van der Waals surface area contributed by atoms with E-state index in [0.29, 0.717) is 5.41 Å². The van der Waals surface area contributed by atoms with Gasteiger partial charge >= 0.3 is 0 Å². The Labute approximate surface area is 149 Å². The molecule has 0 saturated carbocycles. The van der Waals surface area contributed by atoms with Crippen molar-refractivity contribution in [1.82, 2.24) is 20.3 Å². The molecule has 1 N–H and O–H groups in total. The summed E-state index contributed by atoms with van der Waals surface area (Å²) in [6, 6.07) is 3.98. The van der Waals surface area contributed by atoms with Crippen LogP contribution in [-0.4, -0.2) is 41.1 Å². The van der Waals surface area contributed by atoms with E-state index in [1.807, 2.05) is 18.3 Å². The molecule has 2 saturated heterocycles. The van der Waals surface area contributed by atoms with Crippen molar-refractivity contribution in [2.75, 3.05) is 31.1 Å². The number of pyridine rings is 1. The second-order valence-corrected chi connectivity index (χ2v) is 7.63. The van der Waals surface area contributed by atoms with E-state index in [2.05, 4.69) is 29.0 Å². The second kappa shape index (κ2) is 6.71. The van der Waals surface area contributed by atoms with E-state index < -0.39 is 0 Å². The van der Waals surface area contributed by atoms with Crippen LogP contribution in [0.1, 0.15) is 36.9 Å². The fourth-order valence-corrected chi connectivity index (χ4v) is 4.24. The maximum atomic E-state index is 4.98. The van der Waals surface area contributed by atoms with Gasteiger partial charge in [0.05, 0.1) is 0 Å². The quantitative estimate of drug-likeness (QED) is 0.912. The van der Waals surface area contributed by atoms with E-state index in [1.54, 1.807) is 6.20 Å². The molecule has 2 aromatic rings. The molecule has 0 amide bonds. The standard InChI is InChI=1S/C20H27N5/c1-15-16(2)23-18(17-6-5-9-21-12-17)24-19(15)25-11-4-3-7-20(14-25)8-10-22-13-20/h5-6,9,12,22H,3-4,7-8,10-11,13-14H2,1-2H3. The maximum absolute atomic E-state index is 4.98. The third kappa shape index (κ3) is 3.25. The topological polar surface area (TPSA) is 53.9 Å². The van der Waals surface area contributed by atoms with Crippen LogP contribution in [0, 0.1) is 19.3 Å². The molecule has 0 aliphatic carbocycles. The Hall–Kier alpha value is -2.01. The SMILES string of the molecule is Cc1nc(-c2cccnc2)nc(N2CCCCC3(CCNC3)C2)c1C. The summed E-state index contributed by atoms with van der Waals surface area (Å²) in [5, 5.41) is 3.58. The zero-order valence-electron chi connectivity index (χ0n) is 15.3. The van der Waals surface area contributed by atoms with Crippen LogP contribution in [0.15, 0.2) is 24.5 Å². The van der Waals surface area contributed by atoms with Gasteiger partial charge in [-0.05, 0) is 51.8 Å². The monoisotopic (exact) mass is 337 g/mol. The summed E-state index contributed by atoms with van der Waals surface area (Å²) in [5.74, 6) is 1.90. The maximum Gasteiger partial charge on any atom is 0.163 e. The summed E-state index contributed by atoms with van der Waals surface area (Å²) in [7, 11) is 0. The third-order valence-corrected chi connectivity index (χ3v) is 5.83. The van der Waals surface area contributed by atoms with Gasteiger partial charge in [-0.1, -0.05) is 6.42 Å². The van der Waals surface area contributed by atoms with Crippen molar-refractivity contribution in [3.63, 3.8) is 0 Å². The zero-order valence-corrected chi connectivity index (χ0v) is 15.3. The van der Waals surface area contributed by atoms with Crippen LogP contribution in [-0.2, 0) is 0 Å². The lowest BCUT2D eigenvalue weighted by atomic mass is 9.82. The molecule has 0 aromatic carbocycles. The Morgan fingerprint density at radius 3 is 2.84 bits per heavy atom. The number of aromatic nitrogens is 3. The highest BCUT2D eigenvalue weighted by Gasteiger charge is 2.37. The molecule has 1 atom stereocenters. The number of nitrogens with one attached hydrogen (secondary N) is 1. The molecule has 5 nitrogen and oxygen atoms in total. The Bertz CT molecular complexity index is 737. The highest BCUT2D eigenvalue weighted by molar-refractivity contribution is 5.59. The van der Waals surface area contributed by atoms with Crippen molar-refractivity contribution < 1.29 is 0 Å². The summed E-state index contributed by atoms with van der Waals surface area (Å²) >= 11 is 0. The van der Waals surface area contributed by atoms with E-state index in [4.69, 9.17) is 9.97 Å². The zero-order chi connectivity index (χ0) is 17.3. The summed E-state index contributed by atoms with van der Waals surface area (Å²) in [5.41, 5.74) is 3.66. The minimum atomic E-state index is 0.413. The fourth-order valence-electron chi connectivity index (χ4n) is 4.24. The first-order valence-corrected chi connectivity index (χ1v) is 9.38. The van der Waals surface area contributed by atoms with Crippen molar-refractivity contribution in [3.05, 3.63) is 35.8 Å². The molecule has 5 heteroatoms. The molecule has 25 heavy (non-hydrogen) atoms. The molecule has 0 bridgehead atoms. The minimum Gasteiger partial charge on any atom is -0.356 e. The molecule has 1 unspecified atom stereocenters. The van der Waals surface area contributed by atoms with E-state index in [9.17, 15) is 0 Å². The lowest BCUT2D eigenvalue weighted by molar-refractivity contribution is 0.308. The van der Waals surface area contributed by atoms with Crippen LogP contribution >= 0.6 is 0 Å². The molecular weight excluding hydrogens is 310 g/mol. The van der Waals surface area contributed by atoms with Gasteiger partial charge in [0.2, 0.25) is 0 Å². The number of hydrogen-bond donors (Lipinski definition) is 1. The van der Waals surface area contributed by atoms with Crippen LogP contribution in [0.25, 0.3) is 11.4 Å². The molecule has 4 rings (SSSR count). The first kappa shape index (κ1) is 16.5. The fraction of sp³-hybridized carbons (Fsp3) is 0.550. The van der Waals surface area contributed by atoms with Crippen LogP contribution in [0.3, 0.4) is 0 Å². The highest BCUT2D eigenvalue weighted by atomic mass is 15.2. The Balaban J connectivity index is 1.72. The lowest BCUT2D eigenvalue weighted by Crippen LogP contribution is -2.38. The van der Waals surface area contributed by atoms with Crippen LogP contribution in [0.4, 0.5) is 5.82 Å². The predicted molar refractivity (Wildman–Crippen MR) is 101 cm³/mol. The van der Waals surface area contributed by atoms with Gasteiger partial charge in [0.15, 0.2) is 5.82 Å². The van der Waals surface area contributed by atoms with Gasteiger partial charge in [0.25, 0.3) is 0 Å². The van der Waals surface area contributed by atoms with Gasteiger partial charge in [-0.25, -0.2) is 9.97 Å². The smallest absolute Gasteiger partial charge is 0.163 e. The molecule has 1 spiro atoms. The molecule has 2 aliphatic heterocycles. The van der Waals surface area contributed by atoms with Crippen molar-refractivity contribution in [2.24, 2.45) is 5.41 Å². The van der Waals surface area contributed by atoms with Gasteiger partial charge in [-0.15, -0.1) is 0 Å². The predicted octanol–water partition coefficient (Wildman–Crippen LogP) is 3.13. The largest absolute Gasteiger partial charge is 0.356 e. The van der Waals surface area contributed by atoms with Crippen molar-refractivity contribution in [1.29, 1.82) is 0 Å². The Kier molecular flexibility index (Phi) is 4.42. The number of nitrogens with zero attached hydrogens (tertiary/aromatic N) is 4. The third-order valence-electron chi connectivity index (χ3n) is 5.83. The molecular formula is C20H27N5. The number of aryl methyl sites for hydroxylation is 1. The molecule has 2 aromatic heterocycles. The summed E-state index contributed by atoms with van der Waals surface area (Å²) in [4.78, 5) is 16.4. The average Bonchev–Trinajstić information content (AvgIpc) is 2.98. The van der Waals surface area contributed by atoms with E-state index in [1.165, 1.54) is 31.2 Å². The molecule has 132 valence electrons. The van der Waals surface area contributed by atoms with Crippen LogP contribution in [0.5, 0.6) is 0 Å². The normalized spacial score (nSPS) is 23.8. The summed E-state index contributed by atoms with van der Waals surface area (Å²) in [6.45, 7) is 8.72. The van der Waals surface area contributed by atoms with Crippen LogP contribution in [0.2, 0.25) is 0 Å². The number of hydrogen-bond acceptors (Lipinski definition) is 5. The molecule has 2 aliphatic rings. The van der Waals surface area contributed by atoms with Gasteiger partial charge in [-0.3, -0.25) is 4.98 Å². The minimum absolute atomic E-state index is 0.413. The van der Waals surface area contributed by atoms with Gasteiger partial charge < -0.3 is 10.2 Å². The van der Waals surface area contributed by atoms with E-state index >= 15 is 0 Å². The number of anilines is 1. The van der Waals surface area contributed by atoms with Crippen molar-refractivity contribution in [3.8, 4) is 11.4 Å². The lowest BCUT2D eigenvalue weighted by Gasteiger charge is -2.33. The van der Waals surface area contributed by atoms with Gasteiger partial charge in [0.1, 0.15) is 5.82 Å². The Morgan fingerprint density at radius 2 is 2.08 bits per heavy atom. The average molecular weight is 337 g/mol. The Morgan fingerprint density at radius 1 is 1.16 bits per heavy atom. The summed E-state index contributed by atoms with van der Waals surface area (Å²) < 4.78 is 0. The van der Waals surface area contributed by atoms with E-state index in [-0.39, 0.29) is 0 Å². The van der Waals surface area contributed by atoms with Crippen molar-refractivity contribution >= 4 is 5.82 Å². The molecule has 4 heterocycles. The first-order valence-electron chi connectivity index (χ1n) is 9.38. The number of rotatable bonds is 2. The molecule has 2 fully saturated rings. The van der Waals surface area contributed by atoms with Gasteiger partial charge in [-0.2, -0.15) is 0 Å². The van der Waals surface area contributed by atoms with Crippen molar-refractivity contribution in [2.45, 2.75) is 39.5 Å². The first-order chi connectivity index (χ1) is 12.2. The van der Waals surface area contributed by atoms with E-state index in [0.717, 1.165) is 49.1 Å². The highest BCUT2D eigenvalue weighted by Crippen LogP contribution is 2.37. The van der Waals surface area contributed by atoms with Gasteiger partial charge in [0, 0.05) is 54.3 Å². The second-order valence-electron chi connectivity index (χ2n) is 7.63. The van der Waals surface area contributed by atoms with Crippen LogP contribution < -0.4 is 10.2 Å².